The third-order valence-electron chi connectivity index (χ3n) is 4.46. The van der Waals surface area contributed by atoms with Crippen LogP contribution in [0.3, 0.4) is 0 Å². The van der Waals surface area contributed by atoms with Gasteiger partial charge in [-0.15, -0.1) is 0 Å². The van der Waals surface area contributed by atoms with Crippen LogP contribution < -0.4 is 10.6 Å². The third-order valence-corrected chi connectivity index (χ3v) is 4.46. The van der Waals surface area contributed by atoms with Gasteiger partial charge < -0.3 is 10.6 Å². The first-order chi connectivity index (χ1) is 11.8. The molecule has 2 aromatic rings. The highest BCUT2D eigenvalue weighted by molar-refractivity contribution is 5.80. The van der Waals surface area contributed by atoms with Crippen molar-refractivity contribution in [3.05, 3.63) is 53.9 Å². The molecule has 1 aliphatic carbocycles. The first-order valence-corrected chi connectivity index (χ1v) is 8.94. The molecule has 5 nitrogen and oxygen atoms in total. The van der Waals surface area contributed by atoms with Crippen LogP contribution in [-0.4, -0.2) is 28.3 Å². The van der Waals surface area contributed by atoms with Crippen molar-refractivity contribution in [3.63, 3.8) is 0 Å². The van der Waals surface area contributed by atoms with Gasteiger partial charge in [0.1, 0.15) is 0 Å². The zero-order valence-electron chi connectivity index (χ0n) is 14.4. The Morgan fingerprint density at radius 2 is 2.00 bits per heavy atom. The predicted octanol–water partition coefficient (Wildman–Crippen LogP) is 2.93. The Morgan fingerprint density at radius 3 is 2.71 bits per heavy atom. The van der Waals surface area contributed by atoms with Crippen LogP contribution in [0.5, 0.6) is 0 Å². The summed E-state index contributed by atoms with van der Waals surface area (Å²) in [6.45, 7) is 4.45. The lowest BCUT2D eigenvalue weighted by atomic mass is 10.1. The van der Waals surface area contributed by atoms with E-state index in [-0.39, 0.29) is 0 Å². The molecule has 0 unspecified atom stereocenters. The van der Waals surface area contributed by atoms with Crippen molar-refractivity contribution in [2.45, 2.75) is 51.7 Å². The summed E-state index contributed by atoms with van der Waals surface area (Å²) in [5.74, 6) is 0.929. The Balaban J connectivity index is 1.68. The average Bonchev–Trinajstić information content (AvgIpc) is 3.28. The molecule has 2 N–H and O–H groups in total. The summed E-state index contributed by atoms with van der Waals surface area (Å²) in [6, 6.07) is 11.0. The molecule has 1 aromatic heterocycles. The summed E-state index contributed by atoms with van der Waals surface area (Å²) >= 11 is 0. The maximum atomic E-state index is 4.80. The van der Waals surface area contributed by atoms with Gasteiger partial charge in [-0.25, -0.2) is 4.99 Å². The van der Waals surface area contributed by atoms with Crippen molar-refractivity contribution in [2.75, 3.05) is 6.54 Å². The second-order valence-electron chi connectivity index (χ2n) is 6.29. The maximum Gasteiger partial charge on any atom is 0.191 e. The number of nitrogens with zero attached hydrogens (tertiary/aromatic N) is 3. The normalized spacial score (nSPS) is 15.6. The van der Waals surface area contributed by atoms with Crippen molar-refractivity contribution >= 4 is 5.96 Å². The molecular formula is C19H27N5. The fourth-order valence-corrected chi connectivity index (χ4v) is 3.18. The summed E-state index contributed by atoms with van der Waals surface area (Å²) in [4.78, 5) is 4.80. The van der Waals surface area contributed by atoms with Gasteiger partial charge in [-0.1, -0.05) is 37.1 Å². The number of guanidine groups is 1. The maximum absolute atomic E-state index is 4.80. The average molecular weight is 325 g/mol. The molecule has 24 heavy (non-hydrogen) atoms. The van der Waals surface area contributed by atoms with Gasteiger partial charge in [-0.2, -0.15) is 5.10 Å². The van der Waals surface area contributed by atoms with E-state index in [4.69, 9.17) is 4.99 Å². The number of benzene rings is 1. The predicted molar refractivity (Wildman–Crippen MR) is 98.0 cm³/mol. The Morgan fingerprint density at radius 1 is 1.21 bits per heavy atom. The third kappa shape index (κ3) is 4.60. The first kappa shape index (κ1) is 16.6. The second kappa shape index (κ2) is 8.52. The van der Waals surface area contributed by atoms with Crippen LogP contribution in [-0.2, 0) is 13.1 Å². The highest BCUT2D eigenvalue weighted by atomic mass is 15.3. The molecule has 0 aliphatic heterocycles. The minimum Gasteiger partial charge on any atom is -0.357 e. The molecule has 0 amide bonds. The molecule has 0 saturated heterocycles. The SMILES string of the molecule is CCNC(=NCc1ccccc1Cn1cccn1)NC1CCCC1. The van der Waals surface area contributed by atoms with Crippen molar-refractivity contribution in [2.24, 2.45) is 4.99 Å². The van der Waals surface area contributed by atoms with E-state index >= 15 is 0 Å². The van der Waals surface area contributed by atoms with Gasteiger partial charge in [-0.3, -0.25) is 4.68 Å². The van der Waals surface area contributed by atoms with Gasteiger partial charge in [0.2, 0.25) is 0 Å². The van der Waals surface area contributed by atoms with Gasteiger partial charge in [0.05, 0.1) is 13.1 Å². The molecule has 1 fully saturated rings. The van der Waals surface area contributed by atoms with Crippen LogP contribution in [0.1, 0.15) is 43.7 Å². The molecule has 1 aliphatic rings. The zero-order chi connectivity index (χ0) is 16.6. The molecular weight excluding hydrogens is 298 g/mol. The van der Waals surface area contributed by atoms with E-state index in [1.54, 1.807) is 0 Å². The summed E-state index contributed by atoms with van der Waals surface area (Å²) in [5.41, 5.74) is 2.51. The second-order valence-corrected chi connectivity index (χ2v) is 6.29. The van der Waals surface area contributed by atoms with Crippen LogP contribution in [0.2, 0.25) is 0 Å². The van der Waals surface area contributed by atoms with E-state index in [9.17, 15) is 0 Å². The number of hydrogen-bond donors (Lipinski definition) is 2. The van der Waals surface area contributed by atoms with Gasteiger partial charge in [0.25, 0.3) is 0 Å². The van der Waals surface area contributed by atoms with Crippen molar-refractivity contribution < 1.29 is 0 Å². The minimum atomic E-state index is 0.571. The summed E-state index contributed by atoms with van der Waals surface area (Å²) in [5, 5.41) is 11.2. The highest BCUT2D eigenvalue weighted by Gasteiger charge is 2.15. The zero-order valence-corrected chi connectivity index (χ0v) is 14.4. The van der Waals surface area contributed by atoms with Gasteiger partial charge in [-0.05, 0) is 37.0 Å². The topological polar surface area (TPSA) is 54.2 Å². The Kier molecular flexibility index (Phi) is 5.88. The lowest BCUT2D eigenvalue weighted by Gasteiger charge is -2.17. The van der Waals surface area contributed by atoms with Crippen molar-refractivity contribution in [3.8, 4) is 0 Å². The van der Waals surface area contributed by atoms with E-state index in [2.05, 4.69) is 46.9 Å². The number of aliphatic imine (C=N–C) groups is 1. The number of nitrogens with one attached hydrogen (secondary N) is 2. The van der Waals surface area contributed by atoms with Crippen LogP contribution in [0, 0.1) is 0 Å². The smallest absolute Gasteiger partial charge is 0.191 e. The lowest BCUT2D eigenvalue weighted by molar-refractivity contribution is 0.613. The lowest BCUT2D eigenvalue weighted by Crippen LogP contribution is -2.42. The highest BCUT2D eigenvalue weighted by Crippen LogP contribution is 2.17. The molecule has 0 bridgehead atoms. The quantitative estimate of drug-likeness (QED) is 0.634. The molecule has 1 heterocycles. The largest absolute Gasteiger partial charge is 0.357 e. The summed E-state index contributed by atoms with van der Waals surface area (Å²) in [7, 11) is 0. The van der Waals surface area contributed by atoms with Gasteiger partial charge >= 0.3 is 0 Å². The van der Waals surface area contributed by atoms with Crippen molar-refractivity contribution in [1.29, 1.82) is 0 Å². The minimum absolute atomic E-state index is 0.571. The van der Waals surface area contributed by atoms with E-state index in [0.717, 1.165) is 19.0 Å². The molecule has 0 radical (unpaired) electrons. The molecule has 5 heteroatoms. The number of aromatic nitrogens is 2. The number of rotatable bonds is 6. The Labute approximate surface area is 144 Å². The fourth-order valence-electron chi connectivity index (χ4n) is 3.18. The van der Waals surface area contributed by atoms with Crippen LogP contribution >= 0.6 is 0 Å². The van der Waals surface area contributed by atoms with Crippen LogP contribution in [0.15, 0.2) is 47.7 Å². The molecule has 3 rings (SSSR count). The monoisotopic (exact) mass is 325 g/mol. The van der Waals surface area contributed by atoms with E-state index in [0.29, 0.717) is 12.6 Å². The van der Waals surface area contributed by atoms with Crippen molar-refractivity contribution in [1.82, 2.24) is 20.4 Å². The molecule has 0 atom stereocenters. The molecule has 1 saturated carbocycles. The number of hydrogen-bond acceptors (Lipinski definition) is 2. The summed E-state index contributed by atoms with van der Waals surface area (Å²) in [6.07, 6.45) is 8.95. The van der Waals surface area contributed by atoms with Gasteiger partial charge in [0.15, 0.2) is 5.96 Å². The molecule has 0 spiro atoms. The van der Waals surface area contributed by atoms with E-state index < -0.39 is 0 Å². The molecule has 128 valence electrons. The summed E-state index contributed by atoms with van der Waals surface area (Å²) < 4.78 is 1.95. The van der Waals surface area contributed by atoms with Crippen LogP contribution in [0.4, 0.5) is 0 Å². The van der Waals surface area contributed by atoms with E-state index in [1.165, 1.54) is 36.8 Å². The van der Waals surface area contributed by atoms with Crippen LogP contribution in [0.25, 0.3) is 0 Å². The fraction of sp³-hybridized carbons (Fsp3) is 0.474. The van der Waals surface area contributed by atoms with E-state index in [1.807, 2.05) is 23.1 Å². The standard InChI is InChI=1S/C19H27N5/c1-2-20-19(23-18-10-5-6-11-18)21-14-16-8-3-4-9-17(16)15-24-13-7-12-22-24/h3-4,7-9,12-13,18H,2,5-6,10-11,14-15H2,1H3,(H2,20,21,23). The van der Waals surface area contributed by atoms with Gasteiger partial charge in [0, 0.05) is 25.0 Å². The Hall–Kier alpha value is -2.30. The first-order valence-electron chi connectivity index (χ1n) is 8.94. The Bertz CT molecular complexity index is 642. The molecule has 1 aromatic carbocycles.